The number of hydrogen-bond acceptors (Lipinski definition) is 4. The van der Waals surface area contributed by atoms with Crippen LogP contribution in [-0.4, -0.2) is 48.5 Å². The second kappa shape index (κ2) is 6.13. The van der Waals surface area contributed by atoms with Gasteiger partial charge in [0.2, 0.25) is 0 Å². The van der Waals surface area contributed by atoms with Crippen molar-refractivity contribution in [2.75, 3.05) is 38.5 Å². The molecule has 1 aromatic carbocycles. The fourth-order valence-electron chi connectivity index (χ4n) is 1.77. The third-order valence-corrected chi connectivity index (χ3v) is 3.71. The Morgan fingerprint density at radius 2 is 1.88 bits per heavy atom. The highest BCUT2D eigenvalue weighted by Gasteiger charge is 2.08. The Bertz CT molecular complexity index is 309. The van der Waals surface area contributed by atoms with Gasteiger partial charge < -0.3 is 10.4 Å². The lowest BCUT2D eigenvalue weighted by Crippen LogP contribution is -2.44. The second-order valence-corrected chi connectivity index (χ2v) is 5.10. The van der Waals surface area contributed by atoms with Crippen LogP contribution in [0.3, 0.4) is 0 Å². The van der Waals surface area contributed by atoms with Gasteiger partial charge in [-0.05, 0) is 24.3 Å². The topological polar surface area (TPSA) is 35.5 Å². The van der Waals surface area contributed by atoms with Gasteiger partial charge in [0, 0.05) is 43.4 Å². The number of thioether (sulfide) groups is 1. The van der Waals surface area contributed by atoms with Crippen LogP contribution in [0.4, 0.5) is 0 Å². The van der Waals surface area contributed by atoms with Crippen LogP contribution in [0.15, 0.2) is 29.2 Å². The van der Waals surface area contributed by atoms with E-state index in [0.29, 0.717) is 5.75 Å². The molecule has 1 aromatic rings. The van der Waals surface area contributed by atoms with E-state index in [2.05, 4.69) is 10.2 Å². The fraction of sp³-hybridized carbons (Fsp3) is 0.500. The number of aromatic hydroxyl groups is 1. The monoisotopic (exact) mass is 238 g/mol. The third-order valence-electron chi connectivity index (χ3n) is 2.72. The van der Waals surface area contributed by atoms with Crippen molar-refractivity contribution in [1.29, 1.82) is 0 Å². The Balaban J connectivity index is 1.69. The predicted octanol–water partition coefficient (Wildman–Crippen LogP) is 1.39. The zero-order valence-electron chi connectivity index (χ0n) is 9.35. The molecule has 3 nitrogen and oxygen atoms in total. The molecular weight excluding hydrogens is 220 g/mol. The Kier molecular flexibility index (Phi) is 4.51. The Morgan fingerprint density at radius 1 is 1.19 bits per heavy atom. The molecule has 0 aliphatic carbocycles. The summed E-state index contributed by atoms with van der Waals surface area (Å²) in [7, 11) is 0. The summed E-state index contributed by atoms with van der Waals surface area (Å²) in [5.41, 5.74) is 0. The maximum atomic E-state index is 9.16. The Hall–Kier alpha value is -0.710. The summed E-state index contributed by atoms with van der Waals surface area (Å²) in [6, 6.07) is 7.43. The molecule has 88 valence electrons. The SMILES string of the molecule is Oc1ccc(SCCN2CCNCC2)cc1. The maximum absolute atomic E-state index is 9.16. The van der Waals surface area contributed by atoms with E-state index in [1.807, 2.05) is 23.9 Å². The van der Waals surface area contributed by atoms with Gasteiger partial charge in [0.1, 0.15) is 5.75 Å². The van der Waals surface area contributed by atoms with Crippen LogP contribution in [0.5, 0.6) is 5.75 Å². The molecule has 0 spiro atoms. The van der Waals surface area contributed by atoms with Crippen LogP contribution >= 0.6 is 11.8 Å². The minimum atomic E-state index is 0.339. The van der Waals surface area contributed by atoms with Crippen LogP contribution in [-0.2, 0) is 0 Å². The van der Waals surface area contributed by atoms with E-state index in [9.17, 15) is 0 Å². The smallest absolute Gasteiger partial charge is 0.115 e. The summed E-state index contributed by atoms with van der Waals surface area (Å²) in [6.45, 7) is 5.70. The number of hydrogen-bond donors (Lipinski definition) is 2. The first-order chi connectivity index (χ1) is 7.84. The molecule has 0 bridgehead atoms. The molecule has 1 heterocycles. The minimum absolute atomic E-state index is 0.339. The molecule has 0 atom stereocenters. The number of phenols is 1. The molecule has 1 fully saturated rings. The molecule has 0 aromatic heterocycles. The van der Waals surface area contributed by atoms with Gasteiger partial charge in [-0.1, -0.05) is 0 Å². The number of piperazine rings is 1. The van der Waals surface area contributed by atoms with Gasteiger partial charge in [-0.3, -0.25) is 4.90 Å². The molecule has 0 amide bonds. The van der Waals surface area contributed by atoms with Gasteiger partial charge in [0.25, 0.3) is 0 Å². The van der Waals surface area contributed by atoms with E-state index in [1.54, 1.807) is 12.1 Å². The van der Waals surface area contributed by atoms with E-state index >= 15 is 0 Å². The zero-order valence-corrected chi connectivity index (χ0v) is 10.2. The van der Waals surface area contributed by atoms with Gasteiger partial charge >= 0.3 is 0 Å². The fourth-order valence-corrected chi connectivity index (χ4v) is 2.68. The normalized spacial score (nSPS) is 17.5. The first-order valence-electron chi connectivity index (χ1n) is 5.69. The van der Waals surface area contributed by atoms with Crippen LogP contribution in [0, 0.1) is 0 Å². The van der Waals surface area contributed by atoms with Gasteiger partial charge in [-0.15, -0.1) is 11.8 Å². The minimum Gasteiger partial charge on any atom is -0.508 e. The summed E-state index contributed by atoms with van der Waals surface area (Å²) in [6.07, 6.45) is 0. The summed E-state index contributed by atoms with van der Waals surface area (Å²) in [5.74, 6) is 1.46. The Morgan fingerprint density at radius 3 is 2.56 bits per heavy atom. The number of phenolic OH excluding ortho intramolecular Hbond substituents is 1. The molecule has 0 radical (unpaired) electrons. The van der Waals surface area contributed by atoms with Crippen molar-refractivity contribution >= 4 is 11.8 Å². The van der Waals surface area contributed by atoms with Crippen molar-refractivity contribution in [3.05, 3.63) is 24.3 Å². The summed E-state index contributed by atoms with van der Waals surface area (Å²) < 4.78 is 0. The summed E-state index contributed by atoms with van der Waals surface area (Å²) >= 11 is 1.85. The van der Waals surface area contributed by atoms with Crippen LogP contribution in [0.25, 0.3) is 0 Å². The molecule has 1 aliphatic rings. The largest absolute Gasteiger partial charge is 0.508 e. The van der Waals surface area contributed by atoms with Crippen LogP contribution in [0.2, 0.25) is 0 Å². The summed E-state index contributed by atoms with van der Waals surface area (Å²) in [4.78, 5) is 3.72. The first kappa shape index (κ1) is 11.8. The van der Waals surface area contributed by atoms with E-state index in [0.717, 1.165) is 38.5 Å². The van der Waals surface area contributed by atoms with Gasteiger partial charge in [0.05, 0.1) is 0 Å². The standard InChI is InChI=1S/C12H18N2OS/c15-11-1-3-12(4-2-11)16-10-9-14-7-5-13-6-8-14/h1-4,13,15H,5-10H2. The van der Waals surface area contributed by atoms with Gasteiger partial charge in [0.15, 0.2) is 0 Å². The molecule has 16 heavy (non-hydrogen) atoms. The lowest BCUT2D eigenvalue weighted by atomic mass is 10.3. The average molecular weight is 238 g/mol. The molecule has 4 heteroatoms. The van der Waals surface area contributed by atoms with Crippen molar-refractivity contribution in [3.8, 4) is 5.75 Å². The lowest BCUT2D eigenvalue weighted by molar-refractivity contribution is 0.255. The highest BCUT2D eigenvalue weighted by Crippen LogP contribution is 2.20. The molecule has 1 aliphatic heterocycles. The second-order valence-electron chi connectivity index (χ2n) is 3.93. The highest BCUT2D eigenvalue weighted by molar-refractivity contribution is 7.99. The summed E-state index contributed by atoms with van der Waals surface area (Å²) in [5, 5.41) is 12.5. The average Bonchev–Trinajstić information content (AvgIpc) is 2.33. The van der Waals surface area contributed by atoms with Crippen molar-refractivity contribution < 1.29 is 5.11 Å². The zero-order chi connectivity index (χ0) is 11.2. The Labute approximate surface area is 101 Å². The molecule has 0 unspecified atom stereocenters. The van der Waals surface area contributed by atoms with Crippen LogP contribution in [0.1, 0.15) is 0 Å². The molecule has 2 N–H and O–H groups in total. The third kappa shape index (κ3) is 3.70. The number of rotatable bonds is 4. The maximum Gasteiger partial charge on any atom is 0.115 e. The lowest BCUT2D eigenvalue weighted by Gasteiger charge is -2.26. The predicted molar refractivity (Wildman–Crippen MR) is 68.1 cm³/mol. The highest BCUT2D eigenvalue weighted by atomic mass is 32.2. The quantitative estimate of drug-likeness (QED) is 0.777. The number of nitrogens with zero attached hydrogens (tertiary/aromatic N) is 1. The van der Waals surface area contributed by atoms with E-state index in [-0.39, 0.29) is 0 Å². The number of benzene rings is 1. The van der Waals surface area contributed by atoms with E-state index < -0.39 is 0 Å². The van der Waals surface area contributed by atoms with Crippen molar-refractivity contribution in [3.63, 3.8) is 0 Å². The van der Waals surface area contributed by atoms with Gasteiger partial charge in [-0.2, -0.15) is 0 Å². The molecule has 2 rings (SSSR count). The van der Waals surface area contributed by atoms with E-state index in [4.69, 9.17) is 5.11 Å². The molecule has 1 saturated heterocycles. The van der Waals surface area contributed by atoms with E-state index in [1.165, 1.54) is 4.90 Å². The molecule has 0 saturated carbocycles. The molecular formula is C12H18N2OS. The van der Waals surface area contributed by atoms with Crippen molar-refractivity contribution in [2.45, 2.75) is 4.90 Å². The van der Waals surface area contributed by atoms with Crippen molar-refractivity contribution in [1.82, 2.24) is 10.2 Å². The first-order valence-corrected chi connectivity index (χ1v) is 6.68. The van der Waals surface area contributed by atoms with Crippen molar-refractivity contribution in [2.24, 2.45) is 0 Å². The number of nitrogens with one attached hydrogen (secondary N) is 1. The van der Waals surface area contributed by atoms with Gasteiger partial charge in [-0.25, -0.2) is 0 Å². The van der Waals surface area contributed by atoms with Crippen LogP contribution < -0.4 is 5.32 Å².